The number of hydrogen-bond donors (Lipinski definition) is 1. The fraction of sp³-hybridized carbons (Fsp3) is 0.538. The van der Waals surface area contributed by atoms with E-state index in [9.17, 15) is 4.79 Å². The maximum Gasteiger partial charge on any atom is 0.259 e. The Kier molecular flexibility index (Phi) is 2.20. The highest BCUT2D eigenvalue weighted by Crippen LogP contribution is 2.44. The lowest BCUT2D eigenvalue weighted by Gasteiger charge is -2.16. The van der Waals surface area contributed by atoms with Crippen LogP contribution in [-0.2, 0) is 5.41 Å². The van der Waals surface area contributed by atoms with Crippen LogP contribution >= 0.6 is 11.3 Å². The van der Waals surface area contributed by atoms with E-state index in [4.69, 9.17) is 0 Å². The molecule has 4 heteroatoms. The molecule has 1 N–H and O–H groups in total. The minimum absolute atomic E-state index is 0.0306. The number of H-pyrrole nitrogens is 1. The smallest absolute Gasteiger partial charge is 0.259 e. The number of rotatable bonds is 1. The Morgan fingerprint density at radius 1 is 1.41 bits per heavy atom. The second-order valence-electron chi connectivity index (χ2n) is 5.81. The largest absolute Gasteiger partial charge is 0.309 e. The third-order valence-electron chi connectivity index (χ3n) is 3.20. The van der Waals surface area contributed by atoms with E-state index >= 15 is 0 Å². The molecule has 0 aliphatic heterocycles. The van der Waals surface area contributed by atoms with Crippen LogP contribution in [0, 0.1) is 0 Å². The number of aromatic amines is 1. The molecule has 1 aliphatic rings. The van der Waals surface area contributed by atoms with Crippen molar-refractivity contribution in [3.8, 4) is 0 Å². The Labute approximate surface area is 104 Å². The Balaban J connectivity index is 2.25. The van der Waals surface area contributed by atoms with Gasteiger partial charge in [-0.1, -0.05) is 20.8 Å². The van der Waals surface area contributed by atoms with Crippen molar-refractivity contribution in [2.45, 2.75) is 44.9 Å². The first-order valence-corrected chi connectivity index (χ1v) is 6.86. The lowest BCUT2D eigenvalue weighted by atomic mass is 9.95. The molecule has 0 radical (unpaired) electrons. The summed E-state index contributed by atoms with van der Waals surface area (Å²) in [6.45, 7) is 6.19. The van der Waals surface area contributed by atoms with Crippen LogP contribution in [0.3, 0.4) is 0 Å². The second-order valence-corrected chi connectivity index (χ2v) is 6.67. The summed E-state index contributed by atoms with van der Waals surface area (Å²) in [7, 11) is 0. The number of thiophene rings is 1. The molecule has 1 saturated carbocycles. The number of aromatic nitrogens is 2. The third-order valence-corrected chi connectivity index (χ3v) is 4.09. The Hall–Kier alpha value is -1.16. The summed E-state index contributed by atoms with van der Waals surface area (Å²) in [4.78, 5) is 20.6. The van der Waals surface area contributed by atoms with Crippen molar-refractivity contribution in [1.82, 2.24) is 9.97 Å². The standard InChI is InChI=1S/C13H16N2OS/c1-13(2,3)12-14-10(16)9-8(7-4-5-7)6-17-11(9)15-12/h6-7H,4-5H2,1-3H3,(H,14,15,16). The summed E-state index contributed by atoms with van der Waals surface area (Å²) in [5, 5.41) is 2.93. The maximum absolute atomic E-state index is 12.2. The molecule has 0 saturated heterocycles. The van der Waals surface area contributed by atoms with E-state index in [1.54, 1.807) is 11.3 Å². The van der Waals surface area contributed by atoms with E-state index in [1.807, 2.05) is 0 Å². The van der Waals surface area contributed by atoms with Gasteiger partial charge in [0.1, 0.15) is 10.7 Å². The van der Waals surface area contributed by atoms with Crippen LogP contribution in [0.15, 0.2) is 10.2 Å². The molecule has 1 fully saturated rings. The van der Waals surface area contributed by atoms with Crippen LogP contribution in [0.4, 0.5) is 0 Å². The van der Waals surface area contributed by atoms with E-state index in [-0.39, 0.29) is 11.0 Å². The van der Waals surface area contributed by atoms with E-state index < -0.39 is 0 Å². The van der Waals surface area contributed by atoms with Gasteiger partial charge in [-0.25, -0.2) is 4.98 Å². The number of hydrogen-bond acceptors (Lipinski definition) is 3. The van der Waals surface area contributed by atoms with E-state index in [2.05, 4.69) is 36.1 Å². The summed E-state index contributed by atoms with van der Waals surface area (Å²) in [6, 6.07) is 0. The topological polar surface area (TPSA) is 45.8 Å². The molecule has 1 aliphatic carbocycles. The zero-order chi connectivity index (χ0) is 12.2. The van der Waals surface area contributed by atoms with Gasteiger partial charge in [-0.05, 0) is 29.7 Å². The molecule has 0 amide bonds. The van der Waals surface area contributed by atoms with Gasteiger partial charge < -0.3 is 4.98 Å². The van der Waals surface area contributed by atoms with Crippen LogP contribution in [0.1, 0.15) is 50.9 Å². The Bertz CT molecular complexity index is 629. The molecule has 0 spiro atoms. The molecule has 0 atom stereocenters. The van der Waals surface area contributed by atoms with E-state index in [1.165, 1.54) is 18.4 Å². The van der Waals surface area contributed by atoms with Gasteiger partial charge in [0.05, 0.1) is 5.39 Å². The van der Waals surface area contributed by atoms with Gasteiger partial charge in [-0.2, -0.15) is 0 Å². The zero-order valence-electron chi connectivity index (χ0n) is 10.3. The summed E-state index contributed by atoms with van der Waals surface area (Å²) < 4.78 is 0. The fourth-order valence-corrected chi connectivity index (χ4v) is 3.04. The first-order chi connectivity index (χ1) is 7.97. The van der Waals surface area contributed by atoms with Gasteiger partial charge in [-0.15, -0.1) is 11.3 Å². The van der Waals surface area contributed by atoms with Crippen LogP contribution in [0.25, 0.3) is 10.2 Å². The molecule has 0 bridgehead atoms. The summed E-state index contributed by atoms with van der Waals surface area (Å²) in [5.41, 5.74) is 1.12. The van der Waals surface area contributed by atoms with Gasteiger partial charge in [-0.3, -0.25) is 4.79 Å². The predicted molar refractivity (Wildman–Crippen MR) is 70.9 cm³/mol. The molecular weight excluding hydrogens is 232 g/mol. The zero-order valence-corrected chi connectivity index (χ0v) is 11.1. The number of nitrogens with zero attached hydrogens (tertiary/aromatic N) is 1. The molecular formula is C13H16N2OS. The highest BCUT2D eigenvalue weighted by molar-refractivity contribution is 7.16. The molecule has 3 nitrogen and oxygen atoms in total. The minimum Gasteiger partial charge on any atom is -0.309 e. The molecule has 90 valence electrons. The molecule has 2 heterocycles. The summed E-state index contributed by atoms with van der Waals surface area (Å²) in [6.07, 6.45) is 2.43. The van der Waals surface area contributed by atoms with Crippen LogP contribution in [0.2, 0.25) is 0 Å². The van der Waals surface area contributed by atoms with Crippen molar-refractivity contribution in [3.63, 3.8) is 0 Å². The van der Waals surface area contributed by atoms with Gasteiger partial charge >= 0.3 is 0 Å². The Morgan fingerprint density at radius 2 is 2.12 bits per heavy atom. The molecule has 2 aromatic heterocycles. The summed E-state index contributed by atoms with van der Waals surface area (Å²) >= 11 is 1.60. The average molecular weight is 248 g/mol. The molecule has 17 heavy (non-hydrogen) atoms. The molecule has 3 rings (SSSR count). The van der Waals surface area contributed by atoms with Gasteiger partial charge in [0.15, 0.2) is 0 Å². The predicted octanol–water partition coefficient (Wildman–Crippen LogP) is 3.16. The van der Waals surface area contributed by atoms with E-state index in [0.29, 0.717) is 5.92 Å². The monoisotopic (exact) mass is 248 g/mol. The lowest BCUT2D eigenvalue weighted by molar-refractivity contribution is 0.546. The average Bonchev–Trinajstić information content (AvgIpc) is 2.97. The van der Waals surface area contributed by atoms with Gasteiger partial charge in [0.2, 0.25) is 0 Å². The second kappa shape index (κ2) is 3.42. The van der Waals surface area contributed by atoms with Crippen molar-refractivity contribution >= 4 is 21.6 Å². The normalized spacial score (nSPS) is 16.6. The van der Waals surface area contributed by atoms with Gasteiger partial charge in [0.25, 0.3) is 5.56 Å². The number of fused-ring (bicyclic) bond motifs is 1. The highest BCUT2D eigenvalue weighted by atomic mass is 32.1. The summed E-state index contributed by atoms with van der Waals surface area (Å²) in [5.74, 6) is 1.38. The molecule has 2 aromatic rings. The third kappa shape index (κ3) is 1.80. The van der Waals surface area contributed by atoms with Crippen LogP contribution < -0.4 is 5.56 Å². The van der Waals surface area contributed by atoms with Crippen molar-refractivity contribution in [3.05, 3.63) is 27.1 Å². The van der Waals surface area contributed by atoms with Crippen molar-refractivity contribution in [1.29, 1.82) is 0 Å². The Morgan fingerprint density at radius 3 is 2.71 bits per heavy atom. The first kappa shape index (κ1) is 11.0. The van der Waals surface area contributed by atoms with Crippen LogP contribution in [-0.4, -0.2) is 9.97 Å². The molecule has 0 unspecified atom stereocenters. The number of nitrogens with one attached hydrogen (secondary N) is 1. The minimum atomic E-state index is -0.114. The molecule has 0 aromatic carbocycles. The fourth-order valence-electron chi connectivity index (χ4n) is 2.02. The SMILES string of the molecule is CC(C)(C)c1nc2scc(C3CC3)c2c(=O)[nH]1. The highest BCUT2D eigenvalue weighted by Gasteiger charge is 2.28. The van der Waals surface area contributed by atoms with Crippen molar-refractivity contribution in [2.24, 2.45) is 0 Å². The maximum atomic E-state index is 12.2. The van der Waals surface area contributed by atoms with Crippen LogP contribution in [0.5, 0.6) is 0 Å². The van der Waals surface area contributed by atoms with E-state index in [0.717, 1.165) is 16.0 Å². The quantitative estimate of drug-likeness (QED) is 0.842. The van der Waals surface area contributed by atoms with Crippen molar-refractivity contribution < 1.29 is 0 Å². The lowest BCUT2D eigenvalue weighted by Crippen LogP contribution is -2.21. The first-order valence-electron chi connectivity index (χ1n) is 5.99. The van der Waals surface area contributed by atoms with Gasteiger partial charge in [0, 0.05) is 5.41 Å². The van der Waals surface area contributed by atoms with Crippen molar-refractivity contribution in [2.75, 3.05) is 0 Å².